The lowest BCUT2D eigenvalue weighted by Gasteiger charge is -2.21. The molecule has 0 saturated carbocycles. The molecule has 1 amide bonds. The van der Waals surface area contributed by atoms with Crippen molar-refractivity contribution in [1.82, 2.24) is 9.88 Å². The van der Waals surface area contributed by atoms with E-state index in [1.165, 1.54) is 0 Å². The van der Waals surface area contributed by atoms with Gasteiger partial charge in [-0.3, -0.25) is 4.79 Å². The summed E-state index contributed by atoms with van der Waals surface area (Å²) in [5.74, 6) is -0.174. The van der Waals surface area contributed by atoms with E-state index < -0.39 is 0 Å². The molecule has 0 aliphatic heterocycles. The molecule has 1 aromatic heterocycles. The van der Waals surface area contributed by atoms with Crippen LogP contribution in [0.3, 0.4) is 0 Å². The summed E-state index contributed by atoms with van der Waals surface area (Å²) in [5, 5.41) is 0.305. The predicted octanol–water partition coefficient (Wildman–Crippen LogP) is 1.47. The average Bonchev–Trinajstić information content (AvgIpc) is 2.38. The smallest absolute Gasteiger partial charge is 0.272 e. The Morgan fingerprint density at radius 3 is 2.39 bits per heavy atom. The fraction of sp³-hybridized carbons (Fsp3) is 0.500. The van der Waals surface area contributed by atoms with Gasteiger partial charge in [0.05, 0.1) is 13.2 Å². The molecule has 0 bridgehead atoms. The SMILES string of the molecule is COCCN(CCOC)C(=O)c1cccc(Cl)n1. The summed E-state index contributed by atoms with van der Waals surface area (Å²) in [7, 11) is 3.19. The molecule has 0 aliphatic rings. The van der Waals surface area contributed by atoms with E-state index in [0.29, 0.717) is 37.2 Å². The number of hydrogen-bond acceptors (Lipinski definition) is 4. The second-order valence-electron chi connectivity index (χ2n) is 3.62. The maximum atomic E-state index is 12.2. The Morgan fingerprint density at radius 2 is 1.89 bits per heavy atom. The molecule has 0 aliphatic carbocycles. The Kier molecular flexibility index (Phi) is 6.64. The second kappa shape index (κ2) is 8.02. The van der Waals surface area contributed by atoms with Gasteiger partial charge in [-0.25, -0.2) is 4.98 Å². The number of rotatable bonds is 7. The lowest BCUT2D eigenvalue weighted by Crippen LogP contribution is -2.36. The fourth-order valence-corrected chi connectivity index (χ4v) is 1.57. The summed E-state index contributed by atoms with van der Waals surface area (Å²) in [4.78, 5) is 17.8. The molecule has 1 heterocycles. The Balaban J connectivity index is 2.73. The third-order valence-corrected chi connectivity index (χ3v) is 2.56. The first-order chi connectivity index (χ1) is 8.69. The molecule has 0 aromatic carbocycles. The molecule has 0 spiro atoms. The van der Waals surface area contributed by atoms with E-state index in [4.69, 9.17) is 21.1 Å². The first-order valence-corrected chi connectivity index (χ1v) is 5.96. The lowest BCUT2D eigenvalue weighted by molar-refractivity contribution is 0.0622. The minimum absolute atomic E-state index is 0.174. The summed E-state index contributed by atoms with van der Waals surface area (Å²) in [6.45, 7) is 1.92. The third-order valence-electron chi connectivity index (χ3n) is 2.35. The van der Waals surface area contributed by atoms with Crippen molar-refractivity contribution in [3.05, 3.63) is 29.0 Å². The molecule has 0 unspecified atom stereocenters. The maximum absolute atomic E-state index is 12.2. The van der Waals surface area contributed by atoms with Crippen molar-refractivity contribution >= 4 is 17.5 Å². The van der Waals surface area contributed by atoms with Crippen LogP contribution >= 0.6 is 11.6 Å². The van der Waals surface area contributed by atoms with Gasteiger partial charge >= 0.3 is 0 Å². The highest BCUT2D eigenvalue weighted by atomic mass is 35.5. The summed E-state index contributed by atoms with van der Waals surface area (Å²) in [6, 6.07) is 4.97. The minimum atomic E-state index is -0.174. The molecule has 0 atom stereocenters. The second-order valence-corrected chi connectivity index (χ2v) is 4.01. The van der Waals surface area contributed by atoms with Crippen molar-refractivity contribution in [1.29, 1.82) is 0 Å². The molecule has 0 radical (unpaired) electrons. The normalized spacial score (nSPS) is 10.4. The van der Waals surface area contributed by atoms with Crippen LogP contribution in [0.15, 0.2) is 18.2 Å². The van der Waals surface area contributed by atoms with Gasteiger partial charge in [0.25, 0.3) is 5.91 Å². The van der Waals surface area contributed by atoms with E-state index in [2.05, 4.69) is 4.98 Å². The van der Waals surface area contributed by atoms with Crippen molar-refractivity contribution in [2.45, 2.75) is 0 Å². The lowest BCUT2D eigenvalue weighted by atomic mass is 10.3. The van der Waals surface area contributed by atoms with Crippen LogP contribution in [0, 0.1) is 0 Å². The number of halogens is 1. The van der Waals surface area contributed by atoms with Gasteiger partial charge in [-0.1, -0.05) is 17.7 Å². The van der Waals surface area contributed by atoms with E-state index in [9.17, 15) is 4.79 Å². The van der Waals surface area contributed by atoms with Crippen molar-refractivity contribution in [3.8, 4) is 0 Å². The molecule has 6 heteroatoms. The van der Waals surface area contributed by atoms with Crippen LogP contribution in [-0.2, 0) is 9.47 Å². The number of ether oxygens (including phenoxy) is 2. The van der Waals surface area contributed by atoms with Crippen LogP contribution < -0.4 is 0 Å². The maximum Gasteiger partial charge on any atom is 0.272 e. The summed E-state index contributed by atoms with van der Waals surface area (Å²) >= 11 is 5.77. The van der Waals surface area contributed by atoms with E-state index in [-0.39, 0.29) is 5.91 Å². The summed E-state index contributed by atoms with van der Waals surface area (Å²) in [6.07, 6.45) is 0. The van der Waals surface area contributed by atoms with E-state index in [1.54, 1.807) is 37.3 Å². The van der Waals surface area contributed by atoms with Gasteiger partial charge in [-0.15, -0.1) is 0 Å². The molecule has 1 rings (SSSR count). The van der Waals surface area contributed by atoms with Crippen molar-refractivity contribution in [2.75, 3.05) is 40.5 Å². The first-order valence-electron chi connectivity index (χ1n) is 5.58. The van der Waals surface area contributed by atoms with Gasteiger partial charge in [0.1, 0.15) is 10.8 Å². The number of carbonyl (C=O) groups excluding carboxylic acids is 1. The monoisotopic (exact) mass is 272 g/mol. The van der Waals surface area contributed by atoms with Gasteiger partial charge in [0.15, 0.2) is 0 Å². The standard InChI is InChI=1S/C12H17ClN2O3/c1-17-8-6-15(7-9-18-2)12(16)10-4-3-5-11(13)14-10/h3-5H,6-9H2,1-2H3. The van der Waals surface area contributed by atoms with Crippen molar-refractivity contribution < 1.29 is 14.3 Å². The highest BCUT2D eigenvalue weighted by Crippen LogP contribution is 2.08. The number of amides is 1. The third kappa shape index (κ3) is 4.60. The summed E-state index contributed by atoms with van der Waals surface area (Å²) < 4.78 is 9.96. The zero-order chi connectivity index (χ0) is 13.4. The predicted molar refractivity (Wildman–Crippen MR) is 68.9 cm³/mol. The average molecular weight is 273 g/mol. The Morgan fingerprint density at radius 1 is 1.28 bits per heavy atom. The number of nitrogens with zero attached hydrogens (tertiary/aromatic N) is 2. The van der Waals surface area contributed by atoms with Crippen LogP contribution in [-0.4, -0.2) is 56.3 Å². The van der Waals surface area contributed by atoms with Crippen molar-refractivity contribution in [3.63, 3.8) is 0 Å². The van der Waals surface area contributed by atoms with E-state index >= 15 is 0 Å². The van der Waals surface area contributed by atoms with Gasteiger partial charge in [0, 0.05) is 27.3 Å². The van der Waals surface area contributed by atoms with Crippen LogP contribution in [0.2, 0.25) is 5.15 Å². The molecule has 0 fully saturated rings. The van der Waals surface area contributed by atoms with Gasteiger partial charge in [-0.05, 0) is 12.1 Å². The van der Waals surface area contributed by atoms with Gasteiger partial charge < -0.3 is 14.4 Å². The zero-order valence-electron chi connectivity index (χ0n) is 10.6. The molecular weight excluding hydrogens is 256 g/mol. The molecule has 18 heavy (non-hydrogen) atoms. The minimum Gasteiger partial charge on any atom is -0.383 e. The molecule has 1 aromatic rings. The number of pyridine rings is 1. The molecular formula is C12H17ClN2O3. The Bertz CT molecular complexity index is 379. The quantitative estimate of drug-likeness (QED) is 0.706. The number of carbonyl (C=O) groups is 1. The first kappa shape index (κ1) is 14.9. The number of methoxy groups -OCH3 is 2. The van der Waals surface area contributed by atoms with Crippen LogP contribution in [0.4, 0.5) is 0 Å². The molecule has 100 valence electrons. The van der Waals surface area contributed by atoms with Crippen LogP contribution in [0.1, 0.15) is 10.5 Å². The highest BCUT2D eigenvalue weighted by molar-refractivity contribution is 6.29. The summed E-state index contributed by atoms with van der Waals surface area (Å²) in [5.41, 5.74) is 0.328. The zero-order valence-corrected chi connectivity index (χ0v) is 11.3. The largest absolute Gasteiger partial charge is 0.383 e. The molecule has 0 N–H and O–H groups in total. The van der Waals surface area contributed by atoms with Gasteiger partial charge in [0.2, 0.25) is 0 Å². The van der Waals surface area contributed by atoms with Crippen LogP contribution in [0.5, 0.6) is 0 Å². The van der Waals surface area contributed by atoms with Crippen molar-refractivity contribution in [2.24, 2.45) is 0 Å². The van der Waals surface area contributed by atoms with Crippen LogP contribution in [0.25, 0.3) is 0 Å². The number of aromatic nitrogens is 1. The highest BCUT2D eigenvalue weighted by Gasteiger charge is 2.16. The Labute approximate surface area is 112 Å². The van der Waals surface area contributed by atoms with Gasteiger partial charge in [-0.2, -0.15) is 0 Å². The fourth-order valence-electron chi connectivity index (χ4n) is 1.41. The molecule has 0 saturated heterocycles. The number of hydrogen-bond donors (Lipinski definition) is 0. The molecule has 5 nitrogen and oxygen atoms in total. The topological polar surface area (TPSA) is 51.7 Å². The Hall–Kier alpha value is -1.17. The van der Waals surface area contributed by atoms with E-state index in [1.807, 2.05) is 0 Å². The van der Waals surface area contributed by atoms with E-state index in [0.717, 1.165) is 0 Å².